The van der Waals surface area contributed by atoms with Gasteiger partial charge >= 0.3 is 0 Å². The molecule has 0 amide bonds. The van der Waals surface area contributed by atoms with Crippen LogP contribution in [-0.2, 0) is 0 Å². The molecule has 0 unspecified atom stereocenters. The molecule has 10 rings (SSSR count). The van der Waals surface area contributed by atoms with Crippen molar-refractivity contribution in [2.45, 2.75) is 0 Å². The molecule has 240 valence electrons. The van der Waals surface area contributed by atoms with E-state index in [1.54, 1.807) is 0 Å². The average molecular weight is 654 g/mol. The monoisotopic (exact) mass is 653 g/mol. The number of anilines is 3. The van der Waals surface area contributed by atoms with Crippen LogP contribution in [0.4, 0.5) is 17.1 Å². The third-order valence-corrected chi connectivity index (χ3v) is 9.82. The quantitative estimate of drug-likeness (QED) is 0.179. The maximum atomic E-state index is 6.19. The molecule has 0 bridgehead atoms. The molecule has 0 radical (unpaired) electrons. The summed E-state index contributed by atoms with van der Waals surface area (Å²) in [7, 11) is 0. The Hall–Kier alpha value is -6.91. The van der Waals surface area contributed by atoms with Crippen molar-refractivity contribution in [3.05, 3.63) is 188 Å². The Balaban J connectivity index is 1.09. The molecule has 0 aliphatic heterocycles. The Morgan fingerprint density at radius 1 is 0.431 bits per heavy atom. The molecule has 0 atom stereocenters. The maximum absolute atomic E-state index is 6.19. The largest absolute Gasteiger partial charge is 0.436 e. The predicted octanol–water partition coefficient (Wildman–Crippen LogP) is 12.9. The van der Waals surface area contributed by atoms with Gasteiger partial charge in [-0.1, -0.05) is 109 Å². The molecule has 51 heavy (non-hydrogen) atoms. The van der Waals surface area contributed by atoms with Crippen LogP contribution in [0.3, 0.4) is 0 Å². The van der Waals surface area contributed by atoms with E-state index in [0.29, 0.717) is 5.89 Å². The minimum Gasteiger partial charge on any atom is -0.436 e. The van der Waals surface area contributed by atoms with Crippen molar-refractivity contribution < 1.29 is 4.42 Å². The highest BCUT2D eigenvalue weighted by Gasteiger charge is 2.18. The highest BCUT2D eigenvalue weighted by molar-refractivity contribution is 6.11. The van der Waals surface area contributed by atoms with Crippen molar-refractivity contribution in [3.63, 3.8) is 0 Å². The molecular formula is C47H31N3O. The van der Waals surface area contributed by atoms with Crippen molar-refractivity contribution in [1.82, 2.24) is 9.55 Å². The Kier molecular flexibility index (Phi) is 6.78. The zero-order valence-corrected chi connectivity index (χ0v) is 27.6. The first kappa shape index (κ1) is 29.0. The summed E-state index contributed by atoms with van der Waals surface area (Å²) in [6.45, 7) is 0. The molecule has 0 fully saturated rings. The molecule has 8 aromatic carbocycles. The molecule has 0 saturated carbocycles. The lowest BCUT2D eigenvalue weighted by molar-refractivity contribution is 0.620. The van der Waals surface area contributed by atoms with Gasteiger partial charge in [-0.3, -0.25) is 0 Å². The zero-order chi connectivity index (χ0) is 33.7. The number of nitrogens with zero attached hydrogens (tertiary/aromatic N) is 3. The lowest BCUT2D eigenvalue weighted by Gasteiger charge is -2.26. The minimum absolute atomic E-state index is 0.635. The molecule has 2 heterocycles. The number of hydrogen-bond acceptors (Lipinski definition) is 3. The summed E-state index contributed by atoms with van der Waals surface area (Å²) < 4.78 is 8.56. The van der Waals surface area contributed by atoms with E-state index < -0.39 is 0 Å². The van der Waals surface area contributed by atoms with E-state index in [2.05, 4.69) is 161 Å². The number of aromatic nitrogens is 2. The van der Waals surface area contributed by atoms with Crippen molar-refractivity contribution in [3.8, 4) is 28.3 Å². The van der Waals surface area contributed by atoms with Gasteiger partial charge in [-0.25, -0.2) is 4.98 Å². The van der Waals surface area contributed by atoms with Gasteiger partial charge in [0.2, 0.25) is 5.89 Å². The normalized spacial score (nSPS) is 11.5. The number of hydrogen-bond donors (Lipinski definition) is 0. The molecule has 4 heteroatoms. The molecule has 0 N–H and O–H groups in total. The van der Waals surface area contributed by atoms with Gasteiger partial charge in [0.05, 0.1) is 11.0 Å². The molecule has 0 saturated heterocycles. The van der Waals surface area contributed by atoms with Gasteiger partial charge in [0, 0.05) is 44.5 Å². The van der Waals surface area contributed by atoms with E-state index in [-0.39, 0.29) is 0 Å². The number of benzene rings is 8. The Morgan fingerprint density at radius 2 is 1.06 bits per heavy atom. The fourth-order valence-corrected chi connectivity index (χ4v) is 7.47. The van der Waals surface area contributed by atoms with E-state index in [0.717, 1.165) is 61.3 Å². The van der Waals surface area contributed by atoms with Crippen LogP contribution in [0.15, 0.2) is 192 Å². The Bertz CT molecular complexity index is 2840. The van der Waals surface area contributed by atoms with Gasteiger partial charge in [-0.2, -0.15) is 0 Å². The van der Waals surface area contributed by atoms with E-state index in [1.807, 2.05) is 36.4 Å². The molecule has 0 aliphatic carbocycles. The van der Waals surface area contributed by atoms with Crippen LogP contribution in [0.25, 0.3) is 71.9 Å². The fraction of sp³-hybridized carbons (Fsp3) is 0. The minimum atomic E-state index is 0.635. The average Bonchev–Trinajstić information content (AvgIpc) is 3.79. The van der Waals surface area contributed by atoms with E-state index in [4.69, 9.17) is 9.40 Å². The summed E-state index contributed by atoms with van der Waals surface area (Å²) in [5.74, 6) is 0.635. The van der Waals surface area contributed by atoms with Crippen molar-refractivity contribution in [2.75, 3.05) is 4.90 Å². The molecule has 4 nitrogen and oxygen atoms in total. The number of fused-ring (bicyclic) bond motifs is 6. The van der Waals surface area contributed by atoms with Crippen molar-refractivity contribution in [1.29, 1.82) is 0 Å². The second kappa shape index (κ2) is 11.9. The second-order valence-electron chi connectivity index (χ2n) is 12.8. The first-order chi connectivity index (χ1) is 25.3. The SMILES string of the molecule is c1ccc(-c2nc3c(ccc4c(-c5ccc(N(c6ccccc6)c6ccc7c8ccccc8n(-c8ccccc8)c7c6)cc5)cccc43)o2)cc1. The third kappa shape index (κ3) is 4.88. The van der Waals surface area contributed by atoms with Crippen LogP contribution in [0.1, 0.15) is 0 Å². The van der Waals surface area contributed by atoms with Crippen LogP contribution in [0.2, 0.25) is 0 Å². The van der Waals surface area contributed by atoms with Crippen LogP contribution < -0.4 is 4.90 Å². The van der Waals surface area contributed by atoms with Gasteiger partial charge in [0.25, 0.3) is 0 Å². The number of oxazole rings is 1. The predicted molar refractivity (Wildman–Crippen MR) is 211 cm³/mol. The van der Waals surface area contributed by atoms with E-state index in [1.165, 1.54) is 21.8 Å². The summed E-state index contributed by atoms with van der Waals surface area (Å²) in [6, 6.07) is 66.3. The molecule has 2 aromatic heterocycles. The Labute approximate surface area is 295 Å². The smallest absolute Gasteiger partial charge is 0.227 e. The molecule has 0 aliphatic rings. The highest BCUT2D eigenvalue weighted by atomic mass is 16.3. The summed E-state index contributed by atoms with van der Waals surface area (Å²) in [6.07, 6.45) is 0. The van der Waals surface area contributed by atoms with E-state index in [9.17, 15) is 0 Å². The molecule has 10 aromatic rings. The second-order valence-corrected chi connectivity index (χ2v) is 12.8. The van der Waals surface area contributed by atoms with E-state index >= 15 is 0 Å². The third-order valence-electron chi connectivity index (χ3n) is 9.82. The fourth-order valence-electron chi connectivity index (χ4n) is 7.47. The van der Waals surface area contributed by atoms with Crippen LogP contribution in [0, 0.1) is 0 Å². The summed E-state index contributed by atoms with van der Waals surface area (Å²) in [5, 5.41) is 4.69. The first-order valence-electron chi connectivity index (χ1n) is 17.2. The van der Waals surface area contributed by atoms with Crippen molar-refractivity contribution >= 4 is 60.7 Å². The van der Waals surface area contributed by atoms with Gasteiger partial charge < -0.3 is 13.9 Å². The van der Waals surface area contributed by atoms with Crippen LogP contribution in [0.5, 0.6) is 0 Å². The maximum Gasteiger partial charge on any atom is 0.227 e. The standard InChI is InChI=1S/C47H31N3O/c1-4-13-33(14-5-1)47-48-46-42-21-12-20-38(39(42)29-30-45(46)51-47)32-23-25-36(26-24-32)49(34-15-6-2-7-16-34)37-27-28-41-40-19-10-11-22-43(40)50(44(41)31-37)35-17-8-3-9-18-35/h1-31H. The van der Waals surface area contributed by atoms with Crippen LogP contribution >= 0.6 is 0 Å². The van der Waals surface area contributed by atoms with Gasteiger partial charge in [0.15, 0.2) is 5.58 Å². The van der Waals surface area contributed by atoms with Crippen LogP contribution in [-0.4, -0.2) is 9.55 Å². The van der Waals surface area contributed by atoms with Gasteiger partial charge in [-0.05, 0) is 95.4 Å². The Morgan fingerprint density at radius 3 is 1.86 bits per heavy atom. The van der Waals surface area contributed by atoms with Gasteiger partial charge in [0.1, 0.15) is 5.52 Å². The zero-order valence-electron chi connectivity index (χ0n) is 27.6. The molecular weight excluding hydrogens is 623 g/mol. The summed E-state index contributed by atoms with van der Waals surface area (Å²) in [5.41, 5.74) is 11.7. The highest BCUT2D eigenvalue weighted by Crippen LogP contribution is 2.41. The van der Waals surface area contributed by atoms with Crippen molar-refractivity contribution in [2.24, 2.45) is 0 Å². The summed E-state index contributed by atoms with van der Waals surface area (Å²) >= 11 is 0. The lowest BCUT2D eigenvalue weighted by Crippen LogP contribution is -2.10. The molecule has 0 spiro atoms. The number of para-hydroxylation sites is 3. The topological polar surface area (TPSA) is 34.2 Å². The summed E-state index contributed by atoms with van der Waals surface area (Å²) in [4.78, 5) is 7.27. The number of rotatable bonds is 6. The first-order valence-corrected chi connectivity index (χ1v) is 17.2. The van der Waals surface area contributed by atoms with Gasteiger partial charge in [-0.15, -0.1) is 0 Å². The lowest BCUT2D eigenvalue weighted by atomic mass is 9.97.